The zero-order valence-corrected chi connectivity index (χ0v) is 15.7. The Balaban J connectivity index is 2.00. The SMILES string of the molecule is CCCCCC(=O)Nc1ccc2ccc(NC(=O)CCCCC)nc2n1. The molecule has 0 spiro atoms. The van der Waals surface area contributed by atoms with Gasteiger partial charge in [-0.3, -0.25) is 9.59 Å². The average Bonchev–Trinajstić information content (AvgIpc) is 2.62. The van der Waals surface area contributed by atoms with Gasteiger partial charge in [-0.2, -0.15) is 0 Å². The molecule has 2 heterocycles. The highest BCUT2D eigenvalue weighted by molar-refractivity contribution is 5.92. The van der Waals surface area contributed by atoms with Gasteiger partial charge in [-0.15, -0.1) is 0 Å². The number of unbranched alkanes of at least 4 members (excludes halogenated alkanes) is 4. The fraction of sp³-hybridized carbons (Fsp3) is 0.500. The number of hydrogen-bond donors (Lipinski definition) is 2. The smallest absolute Gasteiger partial charge is 0.225 e. The molecule has 0 fully saturated rings. The number of pyridine rings is 2. The van der Waals surface area contributed by atoms with Gasteiger partial charge in [0.05, 0.1) is 0 Å². The lowest BCUT2D eigenvalue weighted by molar-refractivity contribution is -0.117. The lowest BCUT2D eigenvalue weighted by Gasteiger charge is -2.07. The number of carbonyl (C=O) groups is 2. The Bertz CT molecular complexity index is 687. The van der Waals surface area contributed by atoms with E-state index in [1.165, 1.54) is 0 Å². The lowest BCUT2D eigenvalue weighted by atomic mass is 10.2. The molecule has 0 aromatic carbocycles. The molecule has 0 aliphatic heterocycles. The number of anilines is 2. The van der Waals surface area contributed by atoms with Gasteiger partial charge in [-0.1, -0.05) is 39.5 Å². The molecule has 2 amide bonds. The number of nitrogens with zero attached hydrogens (tertiary/aromatic N) is 2. The van der Waals surface area contributed by atoms with Crippen molar-refractivity contribution in [2.75, 3.05) is 10.6 Å². The van der Waals surface area contributed by atoms with Gasteiger partial charge in [0.1, 0.15) is 11.6 Å². The van der Waals surface area contributed by atoms with E-state index in [4.69, 9.17) is 0 Å². The molecule has 0 saturated heterocycles. The predicted molar refractivity (Wildman–Crippen MR) is 105 cm³/mol. The first-order valence-electron chi connectivity index (χ1n) is 9.50. The number of hydrogen-bond acceptors (Lipinski definition) is 4. The third-order valence-electron chi connectivity index (χ3n) is 4.10. The summed E-state index contributed by atoms with van der Waals surface area (Å²) in [7, 11) is 0. The van der Waals surface area contributed by atoms with Crippen LogP contribution in [-0.2, 0) is 9.59 Å². The van der Waals surface area contributed by atoms with E-state index in [1.54, 1.807) is 12.1 Å². The average molecular weight is 356 g/mol. The molecule has 140 valence electrons. The molecule has 0 radical (unpaired) electrons. The maximum atomic E-state index is 11.9. The first-order chi connectivity index (χ1) is 12.6. The number of fused-ring (bicyclic) bond motifs is 1. The van der Waals surface area contributed by atoms with Gasteiger partial charge in [0.25, 0.3) is 0 Å². The van der Waals surface area contributed by atoms with Crippen LogP contribution in [0.15, 0.2) is 24.3 Å². The van der Waals surface area contributed by atoms with Crippen LogP contribution in [0.3, 0.4) is 0 Å². The van der Waals surface area contributed by atoms with Gasteiger partial charge in [-0.25, -0.2) is 9.97 Å². The molecule has 6 nitrogen and oxygen atoms in total. The summed E-state index contributed by atoms with van der Waals surface area (Å²) in [6, 6.07) is 7.27. The van der Waals surface area contributed by atoms with Crippen molar-refractivity contribution in [1.29, 1.82) is 0 Å². The van der Waals surface area contributed by atoms with Crippen molar-refractivity contribution in [3.63, 3.8) is 0 Å². The van der Waals surface area contributed by atoms with Crippen LogP contribution in [0.1, 0.15) is 65.2 Å². The minimum absolute atomic E-state index is 0.0364. The fourth-order valence-electron chi connectivity index (χ4n) is 2.62. The van der Waals surface area contributed by atoms with Crippen molar-refractivity contribution in [2.24, 2.45) is 0 Å². The molecule has 2 N–H and O–H groups in total. The lowest BCUT2D eigenvalue weighted by Crippen LogP contribution is -2.13. The zero-order valence-electron chi connectivity index (χ0n) is 15.7. The zero-order chi connectivity index (χ0) is 18.8. The molecule has 0 unspecified atom stereocenters. The molecule has 6 heteroatoms. The van der Waals surface area contributed by atoms with Crippen molar-refractivity contribution in [2.45, 2.75) is 65.2 Å². The predicted octanol–water partition coefficient (Wildman–Crippen LogP) is 4.67. The van der Waals surface area contributed by atoms with Crippen molar-refractivity contribution >= 4 is 34.5 Å². The maximum absolute atomic E-state index is 11.9. The van der Waals surface area contributed by atoms with E-state index >= 15 is 0 Å². The molecule has 0 saturated carbocycles. The Labute approximate surface area is 154 Å². The van der Waals surface area contributed by atoms with Crippen LogP contribution < -0.4 is 10.6 Å². The van der Waals surface area contributed by atoms with Crippen molar-refractivity contribution < 1.29 is 9.59 Å². The highest BCUT2D eigenvalue weighted by Crippen LogP contribution is 2.17. The summed E-state index contributed by atoms with van der Waals surface area (Å²) in [4.78, 5) is 32.6. The van der Waals surface area contributed by atoms with Crippen molar-refractivity contribution in [1.82, 2.24) is 9.97 Å². The van der Waals surface area contributed by atoms with Crippen LogP contribution in [0.2, 0.25) is 0 Å². The van der Waals surface area contributed by atoms with Gasteiger partial charge in [-0.05, 0) is 37.1 Å². The van der Waals surface area contributed by atoms with Crippen molar-refractivity contribution in [3.8, 4) is 0 Å². The second kappa shape index (κ2) is 10.5. The van der Waals surface area contributed by atoms with E-state index in [9.17, 15) is 9.59 Å². The molecular weight excluding hydrogens is 328 g/mol. The Morgan fingerprint density at radius 1 is 0.769 bits per heavy atom. The van der Waals surface area contributed by atoms with Gasteiger partial charge >= 0.3 is 0 Å². The molecule has 0 aliphatic carbocycles. The molecule has 2 rings (SSSR count). The molecular formula is C20H28N4O2. The monoisotopic (exact) mass is 356 g/mol. The summed E-state index contributed by atoms with van der Waals surface area (Å²) in [5.74, 6) is 0.896. The minimum atomic E-state index is -0.0364. The van der Waals surface area contributed by atoms with Crippen LogP contribution in [0.25, 0.3) is 11.0 Å². The first-order valence-corrected chi connectivity index (χ1v) is 9.50. The first kappa shape index (κ1) is 19.8. The third kappa shape index (κ3) is 6.43. The topological polar surface area (TPSA) is 84.0 Å². The molecule has 26 heavy (non-hydrogen) atoms. The fourth-order valence-corrected chi connectivity index (χ4v) is 2.62. The molecule has 0 aliphatic rings. The number of rotatable bonds is 10. The molecule has 2 aromatic heterocycles. The standard InChI is InChI=1S/C20H28N4O2/c1-3-5-7-9-18(25)21-16-13-11-15-12-14-17(24-20(15)23-16)22-19(26)10-8-6-4-2/h11-14H,3-10H2,1-2H3,(H2,21,22,23,24,25,26). The summed E-state index contributed by atoms with van der Waals surface area (Å²) in [6.07, 6.45) is 6.99. The Morgan fingerprint density at radius 3 is 1.65 bits per heavy atom. The molecule has 2 aromatic rings. The van der Waals surface area contributed by atoms with Crippen LogP contribution in [0.5, 0.6) is 0 Å². The van der Waals surface area contributed by atoms with Crippen LogP contribution >= 0.6 is 0 Å². The summed E-state index contributed by atoms with van der Waals surface area (Å²) >= 11 is 0. The van der Waals surface area contributed by atoms with Crippen LogP contribution in [0.4, 0.5) is 11.6 Å². The quantitative estimate of drug-likeness (QED) is 0.606. The minimum Gasteiger partial charge on any atom is -0.311 e. The van der Waals surface area contributed by atoms with Gasteiger partial charge in [0, 0.05) is 18.2 Å². The van der Waals surface area contributed by atoms with E-state index in [2.05, 4.69) is 34.4 Å². The summed E-state index contributed by atoms with van der Waals surface area (Å²) < 4.78 is 0. The Morgan fingerprint density at radius 2 is 1.23 bits per heavy atom. The third-order valence-corrected chi connectivity index (χ3v) is 4.10. The highest BCUT2D eigenvalue weighted by atomic mass is 16.2. The van der Waals surface area contributed by atoms with Crippen molar-refractivity contribution in [3.05, 3.63) is 24.3 Å². The van der Waals surface area contributed by atoms with E-state index in [-0.39, 0.29) is 11.8 Å². The Kier molecular flexibility index (Phi) is 7.99. The summed E-state index contributed by atoms with van der Waals surface area (Å²) in [6.45, 7) is 4.21. The van der Waals surface area contributed by atoms with Crippen LogP contribution in [0, 0.1) is 0 Å². The largest absolute Gasteiger partial charge is 0.311 e. The van der Waals surface area contributed by atoms with E-state index < -0.39 is 0 Å². The number of carbonyl (C=O) groups excluding carboxylic acids is 2. The normalized spacial score (nSPS) is 10.7. The van der Waals surface area contributed by atoms with Gasteiger partial charge < -0.3 is 10.6 Å². The van der Waals surface area contributed by atoms with Gasteiger partial charge in [0.15, 0.2) is 5.65 Å². The van der Waals surface area contributed by atoms with E-state index in [0.717, 1.165) is 43.9 Å². The van der Waals surface area contributed by atoms with Crippen LogP contribution in [-0.4, -0.2) is 21.8 Å². The summed E-state index contributed by atoms with van der Waals surface area (Å²) in [5.41, 5.74) is 0.503. The molecule has 0 bridgehead atoms. The van der Waals surface area contributed by atoms with E-state index in [0.29, 0.717) is 30.1 Å². The number of amides is 2. The van der Waals surface area contributed by atoms with Gasteiger partial charge in [0.2, 0.25) is 11.8 Å². The highest BCUT2D eigenvalue weighted by Gasteiger charge is 2.07. The second-order valence-corrected chi connectivity index (χ2v) is 6.45. The number of nitrogens with one attached hydrogen (secondary N) is 2. The maximum Gasteiger partial charge on any atom is 0.225 e. The second-order valence-electron chi connectivity index (χ2n) is 6.45. The number of aromatic nitrogens is 2. The van der Waals surface area contributed by atoms with E-state index in [1.807, 2.05) is 12.1 Å². The summed E-state index contributed by atoms with van der Waals surface area (Å²) in [5, 5.41) is 6.48. The molecule has 0 atom stereocenters. The Hall–Kier alpha value is -2.50.